The van der Waals surface area contributed by atoms with Crippen LogP contribution in [0.4, 0.5) is 0 Å². The first-order valence-electron chi connectivity index (χ1n) is 6.39. The van der Waals surface area contributed by atoms with Crippen LogP contribution in [0.15, 0.2) is 0 Å². The predicted octanol–water partition coefficient (Wildman–Crippen LogP) is 0.587. The van der Waals surface area contributed by atoms with Gasteiger partial charge in [0.15, 0.2) is 0 Å². The van der Waals surface area contributed by atoms with Crippen LogP contribution in [0.2, 0.25) is 0 Å². The number of rotatable bonds is 6. The lowest BCUT2D eigenvalue weighted by atomic mass is 10.1. The molecular formula is C12H25N3O. The molecule has 1 rings (SSSR count). The van der Waals surface area contributed by atoms with Gasteiger partial charge in [-0.2, -0.15) is 0 Å². The summed E-state index contributed by atoms with van der Waals surface area (Å²) in [6.07, 6.45) is 4.08. The molecule has 4 nitrogen and oxygen atoms in total. The van der Waals surface area contributed by atoms with Gasteiger partial charge in [0, 0.05) is 32.6 Å². The maximum absolute atomic E-state index is 10.6. The number of carbonyl (C=O) groups is 1. The highest BCUT2D eigenvalue weighted by Gasteiger charge is 2.15. The van der Waals surface area contributed by atoms with Gasteiger partial charge in [-0.3, -0.25) is 9.69 Å². The van der Waals surface area contributed by atoms with E-state index in [9.17, 15) is 4.79 Å². The van der Waals surface area contributed by atoms with Crippen molar-refractivity contribution in [2.24, 2.45) is 0 Å². The van der Waals surface area contributed by atoms with E-state index in [0.29, 0.717) is 6.04 Å². The summed E-state index contributed by atoms with van der Waals surface area (Å²) >= 11 is 0. The first kappa shape index (κ1) is 13.5. The minimum Gasteiger partial charge on any atom is -0.355 e. The average molecular weight is 227 g/mol. The SMILES string of the molecule is CC(=O)NCCNCC(C)N1CCCCC1. The van der Waals surface area contributed by atoms with Gasteiger partial charge in [0.2, 0.25) is 5.91 Å². The molecule has 1 aliphatic heterocycles. The summed E-state index contributed by atoms with van der Waals surface area (Å²) in [5.41, 5.74) is 0. The number of nitrogens with one attached hydrogen (secondary N) is 2. The van der Waals surface area contributed by atoms with Crippen LogP contribution in [0, 0.1) is 0 Å². The fraction of sp³-hybridized carbons (Fsp3) is 0.917. The molecule has 1 saturated heterocycles. The van der Waals surface area contributed by atoms with Gasteiger partial charge in [0.1, 0.15) is 0 Å². The Balaban J connectivity index is 2.00. The zero-order valence-corrected chi connectivity index (χ0v) is 10.6. The van der Waals surface area contributed by atoms with Gasteiger partial charge in [-0.1, -0.05) is 6.42 Å². The second-order valence-corrected chi connectivity index (χ2v) is 4.63. The minimum absolute atomic E-state index is 0.0471. The maximum Gasteiger partial charge on any atom is 0.216 e. The van der Waals surface area contributed by atoms with E-state index < -0.39 is 0 Å². The molecule has 94 valence electrons. The fourth-order valence-corrected chi connectivity index (χ4v) is 2.13. The van der Waals surface area contributed by atoms with Crippen LogP contribution in [-0.4, -0.2) is 49.6 Å². The third-order valence-corrected chi connectivity index (χ3v) is 3.13. The van der Waals surface area contributed by atoms with Crippen molar-refractivity contribution in [3.05, 3.63) is 0 Å². The molecule has 1 atom stereocenters. The topological polar surface area (TPSA) is 44.4 Å². The summed E-state index contributed by atoms with van der Waals surface area (Å²) in [5.74, 6) is 0.0471. The standard InChI is InChI=1S/C12H25N3O/c1-11(15-8-4-3-5-9-15)10-13-6-7-14-12(2)16/h11,13H,3-10H2,1-2H3,(H,14,16). The highest BCUT2D eigenvalue weighted by Crippen LogP contribution is 2.11. The maximum atomic E-state index is 10.6. The van der Waals surface area contributed by atoms with Crippen LogP contribution in [0.25, 0.3) is 0 Å². The largest absolute Gasteiger partial charge is 0.355 e. The number of hydrogen-bond donors (Lipinski definition) is 2. The van der Waals surface area contributed by atoms with Gasteiger partial charge in [-0.15, -0.1) is 0 Å². The number of carbonyl (C=O) groups excluding carboxylic acids is 1. The van der Waals surface area contributed by atoms with Crippen LogP contribution >= 0.6 is 0 Å². The van der Waals surface area contributed by atoms with Crippen LogP contribution in [0.3, 0.4) is 0 Å². The van der Waals surface area contributed by atoms with Crippen molar-refractivity contribution in [3.63, 3.8) is 0 Å². The van der Waals surface area contributed by atoms with E-state index >= 15 is 0 Å². The molecule has 0 aromatic rings. The number of likely N-dealkylation sites (tertiary alicyclic amines) is 1. The predicted molar refractivity (Wildman–Crippen MR) is 66.4 cm³/mol. The zero-order chi connectivity index (χ0) is 11.8. The zero-order valence-electron chi connectivity index (χ0n) is 10.6. The molecule has 4 heteroatoms. The Morgan fingerprint density at radius 2 is 1.94 bits per heavy atom. The number of amides is 1. The van der Waals surface area contributed by atoms with Crippen LogP contribution in [-0.2, 0) is 4.79 Å². The van der Waals surface area contributed by atoms with Crippen molar-refractivity contribution in [3.8, 4) is 0 Å². The lowest BCUT2D eigenvalue weighted by molar-refractivity contribution is -0.118. The molecule has 1 amide bonds. The molecule has 0 saturated carbocycles. The third kappa shape index (κ3) is 5.47. The van der Waals surface area contributed by atoms with Gasteiger partial charge < -0.3 is 10.6 Å². The Bertz CT molecular complexity index is 202. The Kier molecular flexibility index (Phi) is 6.42. The Morgan fingerprint density at radius 1 is 1.25 bits per heavy atom. The van der Waals surface area contributed by atoms with E-state index in [2.05, 4.69) is 22.5 Å². The summed E-state index contributed by atoms with van der Waals surface area (Å²) in [5, 5.41) is 6.17. The Labute approximate surface area is 98.8 Å². The molecule has 0 aromatic carbocycles. The highest BCUT2D eigenvalue weighted by molar-refractivity contribution is 5.72. The molecule has 16 heavy (non-hydrogen) atoms. The second kappa shape index (κ2) is 7.63. The monoisotopic (exact) mass is 227 g/mol. The molecule has 0 spiro atoms. The highest BCUT2D eigenvalue weighted by atomic mass is 16.1. The molecule has 1 fully saturated rings. The fourth-order valence-electron chi connectivity index (χ4n) is 2.13. The van der Waals surface area contributed by atoms with E-state index in [4.69, 9.17) is 0 Å². The van der Waals surface area contributed by atoms with E-state index in [1.807, 2.05) is 0 Å². The van der Waals surface area contributed by atoms with Crippen molar-refractivity contribution in [2.45, 2.75) is 39.2 Å². The number of nitrogens with zero attached hydrogens (tertiary/aromatic N) is 1. The number of hydrogen-bond acceptors (Lipinski definition) is 3. The molecule has 0 radical (unpaired) electrons. The summed E-state index contributed by atoms with van der Waals surface area (Å²) in [4.78, 5) is 13.2. The summed E-state index contributed by atoms with van der Waals surface area (Å²) in [6, 6.07) is 0.609. The van der Waals surface area contributed by atoms with Crippen molar-refractivity contribution in [2.75, 3.05) is 32.7 Å². The minimum atomic E-state index is 0.0471. The molecule has 1 heterocycles. The van der Waals surface area contributed by atoms with Crippen molar-refractivity contribution in [1.82, 2.24) is 15.5 Å². The van der Waals surface area contributed by atoms with Crippen LogP contribution in [0.5, 0.6) is 0 Å². The molecular weight excluding hydrogens is 202 g/mol. The van der Waals surface area contributed by atoms with Gasteiger partial charge in [-0.25, -0.2) is 0 Å². The first-order valence-corrected chi connectivity index (χ1v) is 6.39. The van der Waals surface area contributed by atoms with Crippen LogP contribution in [0.1, 0.15) is 33.1 Å². The molecule has 1 aliphatic rings. The number of piperidine rings is 1. The molecule has 0 bridgehead atoms. The van der Waals surface area contributed by atoms with Crippen molar-refractivity contribution >= 4 is 5.91 Å². The van der Waals surface area contributed by atoms with Gasteiger partial charge in [-0.05, 0) is 32.9 Å². The smallest absolute Gasteiger partial charge is 0.216 e. The lowest BCUT2D eigenvalue weighted by Gasteiger charge is -2.32. The molecule has 0 aliphatic carbocycles. The van der Waals surface area contributed by atoms with Crippen molar-refractivity contribution < 1.29 is 4.79 Å². The summed E-state index contributed by atoms with van der Waals surface area (Å²) in [6.45, 7) is 8.91. The normalized spacial score (nSPS) is 19.4. The first-order chi connectivity index (χ1) is 7.70. The average Bonchev–Trinajstić information content (AvgIpc) is 2.29. The molecule has 1 unspecified atom stereocenters. The van der Waals surface area contributed by atoms with E-state index in [1.54, 1.807) is 6.92 Å². The van der Waals surface area contributed by atoms with E-state index in [-0.39, 0.29) is 5.91 Å². The van der Waals surface area contributed by atoms with E-state index in [1.165, 1.54) is 32.4 Å². The van der Waals surface area contributed by atoms with Gasteiger partial charge in [0.05, 0.1) is 0 Å². The Hall–Kier alpha value is -0.610. The Morgan fingerprint density at radius 3 is 2.56 bits per heavy atom. The molecule has 2 N–H and O–H groups in total. The third-order valence-electron chi connectivity index (χ3n) is 3.13. The van der Waals surface area contributed by atoms with Gasteiger partial charge in [0.25, 0.3) is 0 Å². The summed E-state index contributed by atoms with van der Waals surface area (Å²) in [7, 11) is 0. The quantitative estimate of drug-likeness (QED) is 0.653. The second-order valence-electron chi connectivity index (χ2n) is 4.63. The molecule has 0 aromatic heterocycles. The summed E-state index contributed by atoms with van der Waals surface area (Å²) < 4.78 is 0. The van der Waals surface area contributed by atoms with E-state index in [0.717, 1.165) is 19.6 Å². The van der Waals surface area contributed by atoms with Crippen molar-refractivity contribution in [1.29, 1.82) is 0 Å². The van der Waals surface area contributed by atoms with Gasteiger partial charge >= 0.3 is 0 Å². The lowest BCUT2D eigenvalue weighted by Crippen LogP contribution is -2.44. The van der Waals surface area contributed by atoms with Crippen LogP contribution < -0.4 is 10.6 Å².